The van der Waals surface area contributed by atoms with Crippen LogP contribution in [0.25, 0.3) is 5.69 Å². The van der Waals surface area contributed by atoms with Gasteiger partial charge in [-0.1, -0.05) is 18.2 Å². The summed E-state index contributed by atoms with van der Waals surface area (Å²) in [7, 11) is 1.42. The second-order valence-electron chi connectivity index (χ2n) is 5.11. The van der Waals surface area contributed by atoms with E-state index in [1.807, 2.05) is 30.3 Å². The molecule has 122 valence electrons. The molecule has 0 amide bonds. The molecule has 0 radical (unpaired) electrons. The van der Waals surface area contributed by atoms with Crippen molar-refractivity contribution in [2.75, 3.05) is 26.0 Å². The molecule has 0 spiro atoms. The molecule has 1 saturated heterocycles. The molecule has 0 N–H and O–H groups in total. The topological polar surface area (TPSA) is 65.2 Å². The second-order valence-corrected chi connectivity index (χ2v) is 6.79. The zero-order valence-electron chi connectivity index (χ0n) is 12.7. The number of para-hydroxylation sites is 1. The van der Waals surface area contributed by atoms with Crippen LogP contribution in [0.4, 0.5) is 0 Å². The number of benzene rings is 1. The zero-order valence-corrected chi connectivity index (χ0v) is 14.3. The first-order valence-electron chi connectivity index (χ1n) is 7.19. The number of ether oxygens (including phenoxy) is 1. The van der Waals surface area contributed by atoms with E-state index in [1.165, 1.54) is 7.11 Å². The Labute approximate surface area is 143 Å². The van der Waals surface area contributed by atoms with Gasteiger partial charge in [-0.15, -0.1) is 11.8 Å². The number of carbonyl (C=O) groups is 1. The van der Waals surface area contributed by atoms with Gasteiger partial charge in [-0.2, -0.15) is 4.68 Å². The van der Waals surface area contributed by atoms with Crippen LogP contribution in [0.5, 0.6) is 0 Å². The summed E-state index contributed by atoms with van der Waals surface area (Å²) in [5, 5.41) is 8.10. The molecule has 0 unspecified atom stereocenters. The van der Waals surface area contributed by atoms with E-state index in [9.17, 15) is 4.79 Å². The highest BCUT2D eigenvalue weighted by Crippen LogP contribution is 2.20. The van der Waals surface area contributed by atoms with Crippen LogP contribution < -0.4 is 0 Å². The van der Waals surface area contributed by atoms with E-state index < -0.39 is 0 Å². The van der Waals surface area contributed by atoms with E-state index >= 15 is 0 Å². The fraction of sp³-hybridized carbons (Fsp3) is 0.429. The number of tetrazole rings is 1. The Balaban J connectivity index is 1.73. The molecule has 1 aromatic carbocycles. The van der Waals surface area contributed by atoms with Gasteiger partial charge in [0.25, 0.3) is 0 Å². The summed E-state index contributed by atoms with van der Waals surface area (Å²) in [5.41, 5.74) is 0.880. The Kier molecular flexibility index (Phi) is 5.09. The Morgan fingerprint density at radius 3 is 2.91 bits per heavy atom. The monoisotopic (exact) mass is 351 g/mol. The average molecular weight is 351 g/mol. The van der Waals surface area contributed by atoms with Crippen molar-refractivity contribution in [2.45, 2.75) is 11.9 Å². The number of carbonyl (C=O) groups excluding carboxylic acids is 1. The fourth-order valence-electron chi connectivity index (χ4n) is 2.39. The molecular formula is C14H17N5O2S2. The van der Waals surface area contributed by atoms with Crippen molar-refractivity contribution in [1.29, 1.82) is 0 Å². The first-order valence-corrected chi connectivity index (χ1v) is 8.65. The summed E-state index contributed by atoms with van der Waals surface area (Å²) in [6.45, 7) is 2.01. The number of aromatic nitrogens is 4. The van der Waals surface area contributed by atoms with Gasteiger partial charge in [-0.3, -0.25) is 9.69 Å². The van der Waals surface area contributed by atoms with Crippen LogP contribution in [0.15, 0.2) is 30.3 Å². The van der Waals surface area contributed by atoms with Crippen LogP contribution in [0, 0.1) is 4.77 Å². The highest BCUT2D eigenvalue weighted by Gasteiger charge is 2.27. The molecule has 23 heavy (non-hydrogen) atoms. The van der Waals surface area contributed by atoms with Crippen molar-refractivity contribution in [1.82, 2.24) is 24.7 Å². The van der Waals surface area contributed by atoms with Gasteiger partial charge in [0.1, 0.15) is 5.25 Å². The van der Waals surface area contributed by atoms with E-state index in [0.717, 1.165) is 18.0 Å². The maximum absolute atomic E-state index is 11.7. The number of rotatable bonds is 4. The number of hydrogen-bond donors (Lipinski definition) is 0. The van der Waals surface area contributed by atoms with Crippen molar-refractivity contribution < 1.29 is 9.53 Å². The molecule has 1 aliphatic rings. The second kappa shape index (κ2) is 7.24. The molecule has 2 heterocycles. The maximum atomic E-state index is 11.7. The largest absolute Gasteiger partial charge is 0.468 e. The molecule has 1 fully saturated rings. The summed E-state index contributed by atoms with van der Waals surface area (Å²) >= 11 is 7.08. The Morgan fingerprint density at radius 2 is 2.17 bits per heavy atom. The van der Waals surface area contributed by atoms with Gasteiger partial charge >= 0.3 is 5.97 Å². The van der Waals surface area contributed by atoms with Gasteiger partial charge in [-0.25, -0.2) is 4.68 Å². The third-order valence-corrected chi connectivity index (χ3v) is 5.13. The van der Waals surface area contributed by atoms with E-state index in [0.29, 0.717) is 18.0 Å². The molecule has 7 nitrogen and oxygen atoms in total. The Hall–Kier alpha value is -1.71. The van der Waals surface area contributed by atoms with E-state index in [1.54, 1.807) is 21.1 Å². The molecule has 1 aromatic heterocycles. The van der Waals surface area contributed by atoms with E-state index in [4.69, 9.17) is 17.0 Å². The number of nitrogens with zero attached hydrogens (tertiary/aromatic N) is 5. The summed E-state index contributed by atoms with van der Waals surface area (Å²) in [5.74, 6) is 0.691. The van der Waals surface area contributed by atoms with Gasteiger partial charge in [0.15, 0.2) is 0 Å². The third-order valence-electron chi connectivity index (χ3n) is 3.59. The summed E-state index contributed by atoms with van der Waals surface area (Å²) in [4.78, 5) is 13.8. The van der Waals surface area contributed by atoms with Crippen LogP contribution in [0.2, 0.25) is 0 Å². The van der Waals surface area contributed by atoms with Crippen LogP contribution >= 0.6 is 24.0 Å². The van der Waals surface area contributed by atoms with Gasteiger partial charge in [0, 0.05) is 18.8 Å². The number of thioether (sulfide) groups is 1. The van der Waals surface area contributed by atoms with Crippen LogP contribution in [-0.4, -0.2) is 61.9 Å². The lowest BCUT2D eigenvalue weighted by Crippen LogP contribution is -2.42. The van der Waals surface area contributed by atoms with Crippen LogP contribution in [0.1, 0.15) is 0 Å². The molecule has 3 rings (SSSR count). The minimum absolute atomic E-state index is 0.160. The predicted molar refractivity (Wildman–Crippen MR) is 90.0 cm³/mol. The van der Waals surface area contributed by atoms with E-state index in [-0.39, 0.29) is 11.2 Å². The van der Waals surface area contributed by atoms with Crippen molar-refractivity contribution >= 4 is 29.9 Å². The normalized spacial score (nSPS) is 18.7. The first-order chi connectivity index (χ1) is 11.2. The molecular weight excluding hydrogens is 334 g/mol. The third kappa shape index (κ3) is 3.62. The van der Waals surface area contributed by atoms with Gasteiger partial charge < -0.3 is 4.74 Å². The zero-order chi connectivity index (χ0) is 16.2. The van der Waals surface area contributed by atoms with Crippen molar-refractivity contribution in [3.05, 3.63) is 35.1 Å². The smallest absolute Gasteiger partial charge is 0.320 e. The predicted octanol–water partition coefficient (Wildman–Crippen LogP) is 1.35. The standard InChI is InChI=1S/C14H17N5O2S2/c1-21-13(20)12-9-17(7-8-23-12)10-18-14(22)19(16-15-18)11-5-3-2-4-6-11/h2-6,12H,7-10H2,1H3/t12-/m0/s1. The molecule has 0 saturated carbocycles. The first kappa shape index (κ1) is 16.2. The molecule has 9 heteroatoms. The quantitative estimate of drug-likeness (QED) is 0.608. The van der Waals surface area contributed by atoms with E-state index in [2.05, 4.69) is 15.3 Å². The highest BCUT2D eigenvalue weighted by molar-refractivity contribution is 8.00. The SMILES string of the molecule is COC(=O)[C@@H]1CN(Cn2nnn(-c3ccccc3)c2=S)CCS1. The Morgan fingerprint density at radius 1 is 1.39 bits per heavy atom. The molecule has 2 aromatic rings. The van der Waals surface area contributed by atoms with Crippen molar-refractivity contribution in [2.24, 2.45) is 0 Å². The molecule has 1 atom stereocenters. The lowest BCUT2D eigenvalue weighted by atomic mass is 10.3. The number of hydrogen-bond acceptors (Lipinski definition) is 7. The summed E-state index contributed by atoms with van der Waals surface area (Å²) in [6, 6.07) is 9.66. The molecule has 0 aliphatic carbocycles. The van der Waals surface area contributed by atoms with Gasteiger partial charge in [0.2, 0.25) is 4.77 Å². The maximum Gasteiger partial charge on any atom is 0.320 e. The minimum atomic E-state index is -0.184. The summed E-state index contributed by atoms with van der Waals surface area (Å²) < 4.78 is 8.66. The van der Waals surface area contributed by atoms with Crippen LogP contribution in [-0.2, 0) is 16.2 Å². The van der Waals surface area contributed by atoms with Crippen LogP contribution in [0.3, 0.4) is 0 Å². The highest BCUT2D eigenvalue weighted by atomic mass is 32.2. The van der Waals surface area contributed by atoms with Crippen molar-refractivity contribution in [3.63, 3.8) is 0 Å². The lowest BCUT2D eigenvalue weighted by Gasteiger charge is -2.30. The molecule has 0 bridgehead atoms. The minimum Gasteiger partial charge on any atom is -0.468 e. The number of methoxy groups -OCH3 is 1. The van der Waals surface area contributed by atoms with Gasteiger partial charge in [0.05, 0.1) is 19.5 Å². The number of esters is 1. The van der Waals surface area contributed by atoms with Crippen molar-refractivity contribution in [3.8, 4) is 5.69 Å². The molecule has 1 aliphatic heterocycles. The lowest BCUT2D eigenvalue weighted by molar-refractivity contribution is -0.140. The van der Waals surface area contributed by atoms with Gasteiger partial charge in [-0.05, 0) is 34.8 Å². The summed E-state index contributed by atoms with van der Waals surface area (Å²) in [6.07, 6.45) is 0. The average Bonchev–Trinajstić information content (AvgIpc) is 2.96. The Bertz CT molecular complexity index is 730. The fourth-order valence-corrected chi connectivity index (χ4v) is 3.82.